The van der Waals surface area contributed by atoms with Crippen LogP contribution in [0.5, 0.6) is 5.75 Å². The highest BCUT2D eigenvalue weighted by atomic mass is 79.9. The summed E-state index contributed by atoms with van der Waals surface area (Å²) < 4.78 is 13.0. The Balaban J connectivity index is 1.94. The first-order valence-corrected chi connectivity index (χ1v) is 7.59. The van der Waals surface area contributed by atoms with Crippen LogP contribution in [0.4, 0.5) is 0 Å². The first-order chi connectivity index (χ1) is 8.97. The predicted octanol–water partition coefficient (Wildman–Crippen LogP) is 3.59. The molecule has 1 aromatic rings. The maximum Gasteiger partial charge on any atom is 0.126 e. The Morgan fingerprint density at radius 3 is 2.58 bits per heavy atom. The van der Waals surface area contributed by atoms with E-state index < -0.39 is 6.10 Å². The highest BCUT2D eigenvalue weighted by Gasteiger charge is 2.45. The second kappa shape index (κ2) is 4.76. The van der Waals surface area contributed by atoms with Crippen LogP contribution in [0.15, 0.2) is 22.7 Å². The second-order valence-electron chi connectivity index (χ2n) is 5.85. The number of halogens is 1. The van der Waals surface area contributed by atoms with E-state index in [1.807, 2.05) is 18.2 Å². The van der Waals surface area contributed by atoms with Gasteiger partial charge in [-0.3, -0.25) is 0 Å². The summed E-state index contributed by atoms with van der Waals surface area (Å²) in [6, 6.07) is 5.84. The van der Waals surface area contributed by atoms with Crippen LogP contribution in [-0.2, 0) is 4.74 Å². The average Bonchev–Trinajstić information content (AvgIpc) is 2.28. The van der Waals surface area contributed by atoms with Crippen LogP contribution in [0.1, 0.15) is 44.8 Å². The van der Waals surface area contributed by atoms with Gasteiger partial charge in [0.25, 0.3) is 0 Å². The van der Waals surface area contributed by atoms with E-state index in [0.717, 1.165) is 28.6 Å². The molecule has 2 aliphatic rings. The zero-order valence-electron chi connectivity index (χ0n) is 11.2. The molecular weight excluding hydrogens is 308 g/mol. The SMILES string of the molecule is CC1CC2(CC(C)O1)CC(O)c1cc(Br)ccc1O2. The molecule has 0 aromatic heterocycles. The van der Waals surface area contributed by atoms with Crippen molar-refractivity contribution in [3.63, 3.8) is 0 Å². The lowest BCUT2D eigenvalue weighted by molar-refractivity contribution is -0.140. The molecule has 2 aliphatic heterocycles. The quantitative estimate of drug-likeness (QED) is 0.791. The molecule has 2 heterocycles. The molecule has 1 aromatic carbocycles. The second-order valence-corrected chi connectivity index (χ2v) is 6.77. The van der Waals surface area contributed by atoms with Gasteiger partial charge in [0.15, 0.2) is 0 Å². The lowest BCUT2D eigenvalue weighted by atomic mass is 9.79. The summed E-state index contributed by atoms with van der Waals surface area (Å²) in [7, 11) is 0. The van der Waals surface area contributed by atoms with Gasteiger partial charge in [-0.1, -0.05) is 15.9 Å². The minimum atomic E-state index is -0.459. The van der Waals surface area contributed by atoms with Gasteiger partial charge in [-0.25, -0.2) is 0 Å². The summed E-state index contributed by atoms with van der Waals surface area (Å²) in [5.41, 5.74) is 0.601. The van der Waals surface area contributed by atoms with E-state index in [1.54, 1.807) is 0 Å². The first-order valence-electron chi connectivity index (χ1n) is 6.79. The van der Waals surface area contributed by atoms with Gasteiger partial charge in [0.05, 0.1) is 18.3 Å². The van der Waals surface area contributed by atoms with Crippen molar-refractivity contribution in [3.8, 4) is 5.75 Å². The fourth-order valence-electron chi connectivity index (χ4n) is 3.48. The number of ether oxygens (including phenoxy) is 2. The number of hydrogen-bond donors (Lipinski definition) is 1. The molecule has 1 fully saturated rings. The van der Waals surface area contributed by atoms with Gasteiger partial charge >= 0.3 is 0 Å². The summed E-state index contributed by atoms with van der Waals surface area (Å²) >= 11 is 3.44. The number of aliphatic hydroxyl groups is 1. The summed E-state index contributed by atoms with van der Waals surface area (Å²) in [6.07, 6.45) is 2.21. The largest absolute Gasteiger partial charge is 0.487 e. The molecule has 19 heavy (non-hydrogen) atoms. The Labute approximate surface area is 122 Å². The zero-order valence-corrected chi connectivity index (χ0v) is 12.8. The first kappa shape index (κ1) is 13.4. The fraction of sp³-hybridized carbons (Fsp3) is 0.600. The lowest BCUT2D eigenvalue weighted by Crippen LogP contribution is -2.50. The van der Waals surface area contributed by atoms with E-state index in [4.69, 9.17) is 9.47 Å². The maximum atomic E-state index is 10.4. The Bertz CT molecular complexity index is 478. The summed E-state index contributed by atoms with van der Waals surface area (Å²) in [5, 5.41) is 10.4. The van der Waals surface area contributed by atoms with Crippen LogP contribution in [0.25, 0.3) is 0 Å². The topological polar surface area (TPSA) is 38.7 Å². The average molecular weight is 327 g/mol. The van der Waals surface area contributed by atoms with Gasteiger partial charge in [0, 0.05) is 29.3 Å². The Kier molecular flexibility index (Phi) is 3.36. The monoisotopic (exact) mass is 326 g/mol. The Hall–Kier alpha value is -0.580. The van der Waals surface area contributed by atoms with E-state index in [9.17, 15) is 5.11 Å². The molecule has 0 bridgehead atoms. The van der Waals surface area contributed by atoms with Crippen LogP contribution in [-0.4, -0.2) is 22.9 Å². The third-order valence-corrected chi connectivity index (χ3v) is 4.50. The molecule has 3 rings (SSSR count). The molecule has 1 saturated heterocycles. The van der Waals surface area contributed by atoms with E-state index in [1.165, 1.54) is 0 Å². The minimum Gasteiger partial charge on any atom is -0.487 e. The van der Waals surface area contributed by atoms with Gasteiger partial charge in [-0.05, 0) is 32.0 Å². The molecule has 3 atom stereocenters. The highest BCUT2D eigenvalue weighted by molar-refractivity contribution is 9.10. The van der Waals surface area contributed by atoms with E-state index in [2.05, 4.69) is 29.8 Å². The molecule has 0 saturated carbocycles. The number of rotatable bonds is 0. The van der Waals surface area contributed by atoms with Crippen molar-refractivity contribution in [2.45, 2.75) is 57.0 Å². The molecule has 3 nitrogen and oxygen atoms in total. The molecule has 0 aliphatic carbocycles. The van der Waals surface area contributed by atoms with Crippen molar-refractivity contribution in [2.75, 3.05) is 0 Å². The van der Waals surface area contributed by atoms with Gasteiger partial charge in [-0.15, -0.1) is 0 Å². The molecular formula is C15H19BrO3. The summed E-state index contributed by atoms with van der Waals surface area (Å²) in [4.78, 5) is 0. The molecule has 0 amide bonds. The number of hydrogen-bond acceptors (Lipinski definition) is 3. The zero-order chi connectivity index (χ0) is 13.6. The molecule has 3 unspecified atom stereocenters. The lowest BCUT2D eigenvalue weighted by Gasteiger charge is -2.46. The van der Waals surface area contributed by atoms with Crippen molar-refractivity contribution in [1.82, 2.24) is 0 Å². The number of aliphatic hydroxyl groups excluding tert-OH is 1. The molecule has 104 valence electrons. The van der Waals surface area contributed by atoms with Crippen LogP contribution in [0.2, 0.25) is 0 Å². The van der Waals surface area contributed by atoms with Gasteiger partial charge in [-0.2, -0.15) is 0 Å². The summed E-state index contributed by atoms with van der Waals surface area (Å²) in [6.45, 7) is 4.15. The van der Waals surface area contributed by atoms with Crippen molar-refractivity contribution in [1.29, 1.82) is 0 Å². The van der Waals surface area contributed by atoms with Gasteiger partial charge < -0.3 is 14.6 Å². The van der Waals surface area contributed by atoms with Gasteiger partial charge in [0.1, 0.15) is 11.4 Å². The van der Waals surface area contributed by atoms with Crippen molar-refractivity contribution >= 4 is 15.9 Å². The molecule has 1 N–H and O–H groups in total. The van der Waals surface area contributed by atoms with Gasteiger partial charge in [0.2, 0.25) is 0 Å². The third-order valence-electron chi connectivity index (χ3n) is 4.01. The molecule has 4 heteroatoms. The van der Waals surface area contributed by atoms with E-state index >= 15 is 0 Å². The van der Waals surface area contributed by atoms with Crippen molar-refractivity contribution in [2.24, 2.45) is 0 Å². The highest BCUT2D eigenvalue weighted by Crippen LogP contribution is 2.46. The van der Waals surface area contributed by atoms with Crippen molar-refractivity contribution in [3.05, 3.63) is 28.2 Å². The Morgan fingerprint density at radius 1 is 1.21 bits per heavy atom. The third kappa shape index (κ3) is 2.54. The van der Waals surface area contributed by atoms with Crippen molar-refractivity contribution < 1.29 is 14.6 Å². The minimum absolute atomic E-state index is 0.174. The van der Waals surface area contributed by atoms with Crippen LogP contribution in [0.3, 0.4) is 0 Å². The van der Waals surface area contributed by atoms with Crippen LogP contribution in [0, 0.1) is 0 Å². The fourth-order valence-corrected chi connectivity index (χ4v) is 3.86. The molecule has 1 spiro atoms. The van der Waals surface area contributed by atoms with Crippen LogP contribution >= 0.6 is 15.9 Å². The van der Waals surface area contributed by atoms with E-state index in [-0.39, 0.29) is 17.8 Å². The standard InChI is InChI=1S/C15H19BrO3/c1-9-6-15(7-10(2)18-9)8-13(17)12-5-11(16)3-4-14(12)19-15/h3-5,9-10,13,17H,6-8H2,1-2H3. The molecule has 0 radical (unpaired) electrons. The van der Waals surface area contributed by atoms with Crippen LogP contribution < -0.4 is 4.74 Å². The number of benzene rings is 1. The Morgan fingerprint density at radius 2 is 1.89 bits per heavy atom. The predicted molar refractivity (Wildman–Crippen MR) is 76.3 cm³/mol. The normalized spacial score (nSPS) is 37.8. The van der Waals surface area contributed by atoms with E-state index in [0.29, 0.717) is 6.42 Å². The smallest absolute Gasteiger partial charge is 0.126 e. The summed E-state index contributed by atoms with van der Waals surface area (Å²) in [5.74, 6) is 0.809. The maximum absolute atomic E-state index is 10.4. The number of fused-ring (bicyclic) bond motifs is 1.